The van der Waals surface area contributed by atoms with Gasteiger partial charge >= 0.3 is 6.09 Å². The van der Waals surface area contributed by atoms with Crippen LogP contribution in [0.1, 0.15) is 67.6 Å². The predicted molar refractivity (Wildman–Crippen MR) is 248 cm³/mol. The first-order valence-corrected chi connectivity index (χ1v) is 23.9. The standard InChI is InChI=1S/C51H58ClFN2O8S/c1-3-28-60-51-47(55(50(58)59-29-25-52)33-35-15-17-38(53)18-16-35)32-45(54-61-34-36-11-5-4-6-12-36)43-30-37(13-7-9-26-56)42(14-8-10-27-57)48(49(43)51)44-31-40(21-24-46(44)63-51)62-39-19-22-41(64-2)23-20-39/h3-6,11-12,15-24,30-31,37,42,47-49,56-57H,1,7-10,13-14,25-29,32-34H2,2H3/t37-,42+,47-,48+,49+,51+/m0/s1. The second kappa shape index (κ2) is 22.9. The lowest BCUT2D eigenvalue weighted by Gasteiger charge is -2.59. The van der Waals surface area contributed by atoms with Gasteiger partial charge in [-0.05, 0) is 115 Å². The smallest absolute Gasteiger partial charge is 0.410 e. The SMILES string of the molecule is C=CCO[C@@]12Oc3ccc(Oc4ccc(SC)cc4)cc3[C@H]3[C@H](CCCCO)[C@@H](CCCCO)C=C(C(=NOCc4ccccc4)C[C@@H]1N(Cc1ccc(F)cc1)C(=O)OCCCl)[C@H]32. The summed E-state index contributed by atoms with van der Waals surface area (Å²) in [5.74, 6) is -0.732. The summed E-state index contributed by atoms with van der Waals surface area (Å²) in [5.41, 5.74) is 4.06. The minimum Gasteiger partial charge on any atom is -0.459 e. The maximum absolute atomic E-state index is 14.5. The Bertz CT molecular complexity index is 2210. The maximum Gasteiger partial charge on any atom is 0.410 e. The average Bonchev–Trinajstić information content (AvgIpc) is 3.32. The van der Waals surface area contributed by atoms with Gasteiger partial charge in [-0.25, -0.2) is 9.18 Å². The number of halogens is 2. The first-order chi connectivity index (χ1) is 31.3. The minimum absolute atomic E-state index is 0.00319. The number of amides is 1. The molecule has 0 spiro atoms. The third-order valence-electron chi connectivity index (χ3n) is 12.4. The Morgan fingerprint density at radius 2 is 1.70 bits per heavy atom. The van der Waals surface area contributed by atoms with Gasteiger partial charge in [0.25, 0.3) is 0 Å². The van der Waals surface area contributed by atoms with E-state index in [2.05, 4.69) is 18.7 Å². The normalized spacial score (nSPS) is 22.7. The number of aliphatic hydroxyl groups excluding tert-OH is 2. The van der Waals surface area contributed by atoms with E-state index in [1.54, 1.807) is 34.9 Å². The zero-order valence-corrected chi connectivity index (χ0v) is 37.9. The van der Waals surface area contributed by atoms with Crippen molar-refractivity contribution in [1.29, 1.82) is 0 Å². The summed E-state index contributed by atoms with van der Waals surface area (Å²) in [7, 11) is 0. The summed E-state index contributed by atoms with van der Waals surface area (Å²) >= 11 is 7.75. The summed E-state index contributed by atoms with van der Waals surface area (Å²) in [5, 5.41) is 24.9. The molecule has 13 heteroatoms. The van der Waals surface area contributed by atoms with Gasteiger partial charge in [0.15, 0.2) is 0 Å². The van der Waals surface area contributed by atoms with E-state index in [1.165, 1.54) is 12.1 Å². The molecule has 4 aromatic rings. The van der Waals surface area contributed by atoms with E-state index < -0.39 is 29.7 Å². The molecule has 2 N–H and O–H groups in total. The fourth-order valence-electron chi connectivity index (χ4n) is 9.55. The minimum atomic E-state index is -1.53. The van der Waals surface area contributed by atoms with Crippen LogP contribution in [0.4, 0.5) is 9.18 Å². The van der Waals surface area contributed by atoms with E-state index in [9.17, 15) is 19.4 Å². The monoisotopic (exact) mass is 912 g/mol. The summed E-state index contributed by atoms with van der Waals surface area (Å²) in [6.07, 6.45) is 9.93. The van der Waals surface area contributed by atoms with Gasteiger partial charge in [0, 0.05) is 42.6 Å². The van der Waals surface area contributed by atoms with Gasteiger partial charge < -0.3 is 34.0 Å². The van der Waals surface area contributed by atoms with Crippen molar-refractivity contribution in [1.82, 2.24) is 4.90 Å². The van der Waals surface area contributed by atoms with Gasteiger partial charge in [-0.15, -0.1) is 29.9 Å². The number of allylic oxidation sites excluding steroid dienone is 1. The van der Waals surface area contributed by atoms with Crippen LogP contribution < -0.4 is 9.47 Å². The molecule has 1 aliphatic heterocycles. The number of carbonyl (C=O) groups excluding carboxylic acids is 1. The van der Waals surface area contributed by atoms with Crippen LogP contribution in [0, 0.1) is 23.6 Å². The molecule has 340 valence electrons. The van der Waals surface area contributed by atoms with Crippen molar-refractivity contribution in [2.45, 2.75) is 80.7 Å². The molecule has 2 aliphatic carbocycles. The van der Waals surface area contributed by atoms with Crippen LogP contribution in [0.15, 0.2) is 131 Å². The molecular weight excluding hydrogens is 855 g/mol. The van der Waals surface area contributed by atoms with Gasteiger partial charge in [0.05, 0.1) is 24.1 Å². The summed E-state index contributed by atoms with van der Waals surface area (Å²) in [6.45, 7) is 4.47. The van der Waals surface area contributed by atoms with E-state index in [0.717, 1.165) is 47.3 Å². The van der Waals surface area contributed by atoms with E-state index in [4.69, 9.17) is 40.5 Å². The molecule has 7 rings (SSSR count). The Labute approximate surface area is 385 Å². The molecule has 6 atom stereocenters. The number of carbonyl (C=O) groups is 1. The molecule has 0 aromatic heterocycles. The number of fused-ring (bicyclic) bond motifs is 2. The Morgan fingerprint density at radius 1 is 0.969 bits per heavy atom. The van der Waals surface area contributed by atoms with Crippen LogP contribution >= 0.6 is 23.4 Å². The Kier molecular flexibility index (Phi) is 16.8. The molecule has 1 amide bonds. The number of ether oxygens (including phenoxy) is 4. The zero-order valence-electron chi connectivity index (χ0n) is 36.3. The van der Waals surface area contributed by atoms with Crippen molar-refractivity contribution < 1.29 is 43.2 Å². The molecular formula is C51H58ClFN2O8S. The van der Waals surface area contributed by atoms with Crippen molar-refractivity contribution >= 4 is 35.2 Å². The van der Waals surface area contributed by atoms with Gasteiger partial charge in [-0.1, -0.05) is 72.6 Å². The Balaban J connectivity index is 1.45. The van der Waals surface area contributed by atoms with Crippen molar-refractivity contribution in [3.05, 3.63) is 144 Å². The third kappa shape index (κ3) is 11.0. The van der Waals surface area contributed by atoms with Gasteiger partial charge in [0.2, 0.25) is 5.79 Å². The van der Waals surface area contributed by atoms with Crippen LogP contribution in [-0.4, -0.2) is 77.3 Å². The van der Waals surface area contributed by atoms with Crippen LogP contribution in [0.3, 0.4) is 0 Å². The summed E-state index contributed by atoms with van der Waals surface area (Å²) < 4.78 is 41.1. The lowest BCUT2D eigenvalue weighted by Crippen LogP contribution is -2.70. The number of thioether (sulfide) groups is 1. The molecule has 0 unspecified atom stereocenters. The second-order valence-electron chi connectivity index (χ2n) is 16.4. The van der Waals surface area contributed by atoms with Crippen LogP contribution in [0.2, 0.25) is 0 Å². The molecule has 10 nitrogen and oxygen atoms in total. The molecule has 4 aromatic carbocycles. The predicted octanol–water partition coefficient (Wildman–Crippen LogP) is 11.1. The molecule has 1 saturated carbocycles. The fraction of sp³-hybridized carbons (Fsp3) is 0.412. The lowest BCUT2D eigenvalue weighted by atomic mass is 9.55. The van der Waals surface area contributed by atoms with Crippen LogP contribution in [-0.2, 0) is 27.5 Å². The average molecular weight is 914 g/mol. The number of aliphatic hydroxyl groups is 2. The number of nitrogens with zero attached hydrogens (tertiary/aromatic N) is 2. The molecule has 0 saturated heterocycles. The van der Waals surface area contributed by atoms with E-state index in [1.807, 2.05) is 73.0 Å². The first kappa shape index (κ1) is 47.1. The molecule has 1 heterocycles. The second-order valence-corrected chi connectivity index (χ2v) is 17.6. The summed E-state index contributed by atoms with van der Waals surface area (Å²) in [6, 6.07) is 28.8. The molecule has 1 fully saturated rings. The maximum atomic E-state index is 14.5. The number of benzene rings is 4. The Morgan fingerprint density at radius 3 is 2.41 bits per heavy atom. The van der Waals surface area contributed by atoms with Gasteiger partial charge in [0.1, 0.15) is 42.3 Å². The van der Waals surface area contributed by atoms with Crippen molar-refractivity contribution in [3.8, 4) is 17.2 Å². The highest BCUT2D eigenvalue weighted by molar-refractivity contribution is 7.98. The fourth-order valence-corrected chi connectivity index (χ4v) is 10.0. The number of hydrogen-bond acceptors (Lipinski definition) is 10. The topological polar surface area (TPSA) is 119 Å². The van der Waals surface area contributed by atoms with Crippen molar-refractivity contribution in [2.75, 3.05) is 38.6 Å². The first-order valence-electron chi connectivity index (χ1n) is 22.1. The summed E-state index contributed by atoms with van der Waals surface area (Å²) in [4.78, 5) is 23.5. The quantitative estimate of drug-likeness (QED) is 0.0261. The van der Waals surface area contributed by atoms with Gasteiger partial charge in [-0.3, -0.25) is 4.90 Å². The molecule has 64 heavy (non-hydrogen) atoms. The number of unbranched alkanes of at least 4 members (excludes halogenated alkanes) is 2. The van der Waals surface area contributed by atoms with Crippen LogP contribution in [0.5, 0.6) is 17.2 Å². The van der Waals surface area contributed by atoms with E-state index >= 15 is 0 Å². The van der Waals surface area contributed by atoms with Gasteiger partial charge in [-0.2, -0.15) is 0 Å². The van der Waals surface area contributed by atoms with E-state index in [0.29, 0.717) is 41.4 Å². The highest BCUT2D eigenvalue weighted by Gasteiger charge is 2.65. The van der Waals surface area contributed by atoms with Crippen LogP contribution in [0.25, 0.3) is 0 Å². The van der Waals surface area contributed by atoms with E-state index in [-0.39, 0.29) is 69.6 Å². The molecule has 3 aliphatic rings. The molecule has 0 bridgehead atoms. The third-order valence-corrected chi connectivity index (χ3v) is 13.3. The lowest BCUT2D eigenvalue weighted by molar-refractivity contribution is -0.256. The highest BCUT2D eigenvalue weighted by atomic mass is 35.5. The molecule has 0 radical (unpaired) electrons. The van der Waals surface area contributed by atoms with Crippen molar-refractivity contribution in [3.63, 3.8) is 0 Å². The highest BCUT2D eigenvalue weighted by Crippen LogP contribution is 2.62. The zero-order chi connectivity index (χ0) is 44.9. The largest absolute Gasteiger partial charge is 0.459 e. The van der Waals surface area contributed by atoms with Crippen molar-refractivity contribution in [2.24, 2.45) is 22.9 Å². The number of rotatable bonds is 22. The Hall–Kier alpha value is -4.85. The number of oxime groups is 1. The number of alkyl halides is 1. The number of hydrogen-bond donors (Lipinski definition) is 2.